The van der Waals surface area contributed by atoms with Crippen LogP contribution in [0.5, 0.6) is 0 Å². The number of benzene rings is 1. The third kappa shape index (κ3) is 3.97. The van der Waals surface area contributed by atoms with Crippen LogP contribution >= 0.6 is 11.6 Å². The second-order valence-electron chi connectivity index (χ2n) is 4.28. The van der Waals surface area contributed by atoms with Crippen molar-refractivity contribution < 1.29 is 0 Å². The molecule has 0 aromatic heterocycles. The fourth-order valence-electron chi connectivity index (χ4n) is 1.19. The number of halogens is 1. The molecule has 0 amide bonds. The van der Waals surface area contributed by atoms with Gasteiger partial charge in [0.25, 0.3) is 0 Å². The molecule has 1 aromatic carbocycles. The highest BCUT2D eigenvalue weighted by molar-refractivity contribution is 6.83. The maximum atomic E-state index is 5.92. The van der Waals surface area contributed by atoms with Gasteiger partial charge in [-0.15, -0.1) is 11.6 Å². The lowest BCUT2D eigenvalue weighted by molar-refractivity contribution is 1.09. The second kappa shape index (κ2) is 4.82. The van der Waals surface area contributed by atoms with E-state index < -0.39 is 8.07 Å². The predicted molar refractivity (Wildman–Crippen MR) is 63.2 cm³/mol. The van der Waals surface area contributed by atoms with E-state index in [9.17, 15) is 0 Å². The van der Waals surface area contributed by atoms with Gasteiger partial charge in [0.15, 0.2) is 0 Å². The average Bonchev–Trinajstić information content (AvgIpc) is 2.17. The van der Waals surface area contributed by atoms with Crippen molar-refractivity contribution >= 4 is 19.7 Å². The van der Waals surface area contributed by atoms with Crippen LogP contribution < -0.4 is 0 Å². The van der Waals surface area contributed by atoms with Crippen LogP contribution in [-0.2, 0) is 6.42 Å². The van der Waals surface area contributed by atoms with E-state index >= 15 is 0 Å². The molecule has 0 heterocycles. The van der Waals surface area contributed by atoms with Crippen LogP contribution in [0.3, 0.4) is 0 Å². The van der Waals surface area contributed by atoms with Crippen molar-refractivity contribution in [2.24, 2.45) is 0 Å². The summed E-state index contributed by atoms with van der Waals surface area (Å²) in [6, 6.07) is 11.9. The SMILES string of the molecule is C[Si](C)(CCl)CCc1ccccc1. The van der Waals surface area contributed by atoms with Gasteiger partial charge in [0.2, 0.25) is 0 Å². The van der Waals surface area contributed by atoms with Gasteiger partial charge in [0, 0.05) is 5.50 Å². The van der Waals surface area contributed by atoms with Crippen LogP contribution in [0.15, 0.2) is 30.3 Å². The molecule has 0 bridgehead atoms. The zero-order valence-electron chi connectivity index (χ0n) is 8.39. The van der Waals surface area contributed by atoms with E-state index in [4.69, 9.17) is 11.6 Å². The Labute approximate surface area is 86.9 Å². The molecule has 0 spiro atoms. The number of alkyl halides is 1. The minimum absolute atomic E-state index is 0.875. The Balaban J connectivity index is 2.44. The van der Waals surface area contributed by atoms with E-state index in [2.05, 4.69) is 43.4 Å². The molecule has 1 aromatic rings. The summed E-state index contributed by atoms with van der Waals surface area (Å²) in [6.07, 6.45) is 1.19. The summed E-state index contributed by atoms with van der Waals surface area (Å²) in [5, 5.41) is 0. The molecule has 2 heteroatoms. The Morgan fingerprint density at radius 3 is 2.31 bits per heavy atom. The zero-order valence-corrected chi connectivity index (χ0v) is 10.1. The van der Waals surface area contributed by atoms with Gasteiger partial charge in [-0.05, 0) is 12.0 Å². The molecule has 13 heavy (non-hydrogen) atoms. The normalized spacial score (nSPS) is 11.6. The number of hydrogen-bond acceptors (Lipinski definition) is 0. The van der Waals surface area contributed by atoms with Gasteiger partial charge >= 0.3 is 0 Å². The third-order valence-electron chi connectivity index (χ3n) is 2.30. The summed E-state index contributed by atoms with van der Waals surface area (Å²) < 4.78 is 0. The molecular formula is C11H17ClSi. The lowest BCUT2D eigenvalue weighted by Crippen LogP contribution is -2.28. The van der Waals surface area contributed by atoms with Gasteiger partial charge < -0.3 is 0 Å². The highest BCUT2D eigenvalue weighted by atomic mass is 35.5. The second-order valence-corrected chi connectivity index (χ2v) is 10.2. The monoisotopic (exact) mass is 212 g/mol. The molecule has 0 unspecified atom stereocenters. The first-order chi connectivity index (χ1) is 6.14. The standard InChI is InChI=1S/C11H17ClSi/c1-13(2,10-12)9-8-11-6-4-3-5-7-11/h3-7H,8-10H2,1-2H3. The topological polar surface area (TPSA) is 0 Å². The first kappa shape index (κ1) is 10.8. The molecule has 0 aliphatic heterocycles. The molecule has 0 radical (unpaired) electrons. The Bertz CT molecular complexity index is 244. The average molecular weight is 213 g/mol. The summed E-state index contributed by atoms with van der Waals surface area (Å²) in [5.41, 5.74) is 2.31. The van der Waals surface area contributed by atoms with Crippen LogP contribution in [0.25, 0.3) is 0 Å². The Morgan fingerprint density at radius 2 is 1.77 bits per heavy atom. The van der Waals surface area contributed by atoms with E-state index in [-0.39, 0.29) is 0 Å². The fourth-order valence-corrected chi connectivity index (χ4v) is 2.69. The lowest BCUT2D eigenvalue weighted by atomic mass is 10.2. The first-order valence-corrected chi connectivity index (χ1v) is 8.69. The minimum atomic E-state index is -1.09. The molecule has 0 N–H and O–H groups in total. The molecule has 1 rings (SSSR count). The molecule has 0 fully saturated rings. The van der Waals surface area contributed by atoms with Crippen LogP contribution in [0, 0.1) is 0 Å². The molecule has 72 valence electrons. The van der Waals surface area contributed by atoms with Crippen molar-refractivity contribution in [3.8, 4) is 0 Å². The third-order valence-corrected chi connectivity index (χ3v) is 6.79. The van der Waals surface area contributed by atoms with E-state index in [0.29, 0.717) is 0 Å². The van der Waals surface area contributed by atoms with E-state index in [1.165, 1.54) is 18.0 Å². The summed E-state index contributed by atoms with van der Waals surface area (Å²) in [5.74, 6) is 0. The Hall–Kier alpha value is -0.273. The fraction of sp³-hybridized carbons (Fsp3) is 0.455. The molecular weight excluding hydrogens is 196 g/mol. The maximum Gasteiger partial charge on any atom is 0.0643 e. The van der Waals surface area contributed by atoms with Gasteiger partial charge in [0.05, 0.1) is 8.07 Å². The van der Waals surface area contributed by atoms with Crippen molar-refractivity contribution in [3.05, 3.63) is 35.9 Å². The van der Waals surface area contributed by atoms with Gasteiger partial charge in [-0.3, -0.25) is 0 Å². The summed E-state index contributed by atoms with van der Waals surface area (Å²) >= 11 is 5.92. The zero-order chi connectivity index (χ0) is 9.73. The van der Waals surface area contributed by atoms with Crippen LogP contribution in [0.4, 0.5) is 0 Å². The molecule has 0 saturated carbocycles. The number of hydrogen-bond donors (Lipinski definition) is 0. The van der Waals surface area contributed by atoms with E-state index in [1.54, 1.807) is 0 Å². The van der Waals surface area contributed by atoms with Crippen LogP contribution in [-0.4, -0.2) is 13.6 Å². The molecule has 0 atom stereocenters. The summed E-state index contributed by atoms with van der Waals surface area (Å²) in [6.45, 7) is 4.70. The highest BCUT2D eigenvalue weighted by Crippen LogP contribution is 2.15. The smallest absolute Gasteiger partial charge is 0.0643 e. The van der Waals surface area contributed by atoms with Gasteiger partial charge in [-0.25, -0.2) is 0 Å². The molecule has 0 saturated heterocycles. The highest BCUT2D eigenvalue weighted by Gasteiger charge is 2.18. The number of aryl methyl sites for hydroxylation is 1. The summed E-state index contributed by atoms with van der Waals surface area (Å²) in [4.78, 5) is 0. The van der Waals surface area contributed by atoms with Crippen LogP contribution in [0.1, 0.15) is 5.56 Å². The summed E-state index contributed by atoms with van der Waals surface area (Å²) in [7, 11) is -1.09. The van der Waals surface area contributed by atoms with E-state index in [0.717, 1.165) is 5.50 Å². The number of rotatable bonds is 4. The van der Waals surface area contributed by atoms with Gasteiger partial charge in [-0.2, -0.15) is 0 Å². The Kier molecular flexibility index (Phi) is 4.01. The minimum Gasteiger partial charge on any atom is -0.130 e. The molecule has 0 nitrogen and oxygen atoms in total. The van der Waals surface area contributed by atoms with E-state index in [1.807, 2.05) is 0 Å². The Morgan fingerprint density at radius 1 is 1.15 bits per heavy atom. The lowest BCUT2D eigenvalue weighted by Gasteiger charge is -2.18. The quantitative estimate of drug-likeness (QED) is 0.527. The van der Waals surface area contributed by atoms with Crippen molar-refractivity contribution in [2.75, 3.05) is 5.50 Å². The van der Waals surface area contributed by atoms with Crippen molar-refractivity contribution in [1.82, 2.24) is 0 Å². The maximum absolute atomic E-state index is 5.92. The van der Waals surface area contributed by atoms with Crippen molar-refractivity contribution in [2.45, 2.75) is 25.6 Å². The molecule has 0 aliphatic carbocycles. The van der Waals surface area contributed by atoms with Crippen molar-refractivity contribution in [3.63, 3.8) is 0 Å². The predicted octanol–water partition coefficient (Wildman–Crippen LogP) is 3.72. The van der Waals surface area contributed by atoms with Crippen molar-refractivity contribution in [1.29, 1.82) is 0 Å². The van der Waals surface area contributed by atoms with Gasteiger partial charge in [-0.1, -0.05) is 49.5 Å². The first-order valence-electron chi connectivity index (χ1n) is 4.74. The van der Waals surface area contributed by atoms with Gasteiger partial charge in [0.1, 0.15) is 0 Å². The van der Waals surface area contributed by atoms with Crippen LogP contribution in [0.2, 0.25) is 19.1 Å². The largest absolute Gasteiger partial charge is 0.130 e. The molecule has 0 aliphatic rings.